The minimum Gasteiger partial charge on any atom is -0.440 e. The zero-order valence-electron chi connectivity index (χ0n) is 13.9. The fourth-order valence-electron chi connectivity index (χ4n) is 3.39. The maximum atomic E-state index is 12.9. The van der Waals surface area contributed by atoms with Gasteiger partial charge in [-0.2, -0.15) is 18.4 Å². The van der Waals surface area contributed by atoms with Crippen molar-refractivity contribution in [2.45, 2.75) is 12.1 Å². The van der Waals surface area contributed by atoms with Crippen molar-refractivity contribution < 1.29 is 17.9 Å². The molecule has 1 aliphatic heterocycles. The molecule has 1 heterocycles. The maximum absolute atomic E-state index is 12.9. The van der Waals surface area contributed by atoms with Crippen LogP contribution < -0.4 is 10.5 Å². The molecule has 3 aromatic rings. The lowest BCUT2D eigenvalue weighted by Gasteiger charge is -2.27. The minimum atomic E-state index is -4.42. The second-order valence-electron chi connectivity index (χ2n) is 6.25. The van der Waals surface area contributed by atoms with E-state index in [2.05, 4.69) is 0 Å². The molecule has 27 heavy (non-hydrogen) atoms. The number of rotatable bonds is 1. The molecule has 6 heteroatoms. The van der Waals surface area contributed by atoms with Gasteiger partial charge in [-0.25, -0.2) is 0 Å². The number of nitrogens with two attached hydrogens (primary N) is 1. The molecule has 0 amide bonds. The quantitative estimate of drug-likeness (QED) is 0.654. The normalized spacial score (nSPS) is 16.6. The molecule has 1 atom stereocenters. The number of halogens is 3. The first-order chi connectivity index (χ1) is 12.9. The van der Waals surface area contributed by atoms with Crippen LogP contribution in [0.4, 0.5) is 13.2 Å². The van der Waals surface area contributed by atoms with E-state index in [1.807, 2.05) is 42.5 Å². The fourth-order valence-corrected chi connectivity index (χ4v) is 3.39. The summed E-state index contributed by atoms with van der Waals surface area (Å²) in [5, 5.41) is 11.3. The second kappa shape index (κ2) is 6.06. The third-order valence-electron chi connectivity index (χ3n) is 4.68. The predicted octanol–water partition coefficient (Wildman–Crippen LogP) is 5.08. The molecule has 0 spiro atoms. The monoisotopic (exact) mass is 366 g/mol. The summed E-state index contributed by atoms with van der Waals surface area (Å²) in [5.74, 6) is -0.105. The Morgan fingerprint density at radius 2 is 1.67 bits per heavy atom. The van der Waals surface area contributed by atoms with E-state index < -0.39 is 17.7 Å². The Balaban J connectivity index is 1.92. The molecule has 4 rings (SSSR count). The molecule has 3 aromatic carbocycles. The van der Waals surface area contributed by atoms with Gasteiger partial charge in [0.1, 0.15) is 17.4 Å². The first-order valence-electron chi connectivity index (χ1n) is 8.16. The lowest BCUT2D eigenvalue weighted by atomic mass is 9.82. The van der Waals surface area contributed by atoms with E-state index >= 15 is 0 Å². The number of allylic oxidation sites excluding steroid dienone is 1. The van der Waals surface area contributed by atoms with Gasteiger partial charge in [0.25, 0.3) is 0 Å². The van der Waals surface area contributed by atoms with E-state index in [0.29, 0.717) is 16.9 Å². The number of nitriles is 1. The van der Waals surface area contributed by atoms with Crippen LogP contribution in [0.1, 0.15) is 22.6 Å². The van der Waals surface area contributed by atoms with E-state index in [-0.39, 0.29) is 11.5 Å². The van der Waals surface area contributed by atoms with E-state index in [0.717, 1.165) is 22.9 Å². The average molecular weight is 366 g/mol. The maximum Gasteiger partial charge on any atom is 0.416 e. The Bertz CT molecular complexity index is 1110. The van der Waals surface area contributed by atoms with E-state index in [4.69, 9.17) is 10.5 Å². The molecule has 0 radical (unpaired) electrons. The number of fused-ring (bicyclic) bond motifs is 3. The van der Waals surface area contributed by atoms with Crippen LogP contribution in [0, 0.1) is 11.3 Å². The van der Waals surface area contributed by atoms with Crippen molar-refractivity contribution >= 4 is 10.8 Å². The number of alkyl halides is 3. The molecule has 0 saturated heterocycles. The molecular formula is C21H13F3N2O. The van der Waals surface area contributed by atoms with Crippen LogP contribution in [0.15, 0.2) is 72.1 Å². The smallest absolute Gasteiger partial charge is 0.416 e. The zero-order chi connectivity index (χ0) is 19.2. The number of hydrogen-bond acceptors (Lipinski definition) is 3. The lowest BCUT2D eigenvalue weighted by Crippen LogP contribution is -2.21. The van der Waals surface area contributed by atoms with Gasteiger partial charge in [-0.05, 0) is 23.1 Å². The van der Waals surface area contributed by atoms with Gasteiger partial charge in [0, 0.05) is 10.9 Å². The van der Waals surface area contributed by atoms with E-state index in [9.17, 15) is 18.4 Å². The topological polar surface area (TPSA) is 59.0 Å². The van der Waals surface area contributed by atoms with E-state index in [1.54, 1.807) is 0 Å². The Hall–Kier alpha value is -3.46. The van der Waals surface area contributed by atoms with Crippen LogP contribution >= 0.6 is 0 Å². The molecule has 0 unspecified atom stereocenters. The molecular weight excluding hydrogens is 353 g/mol. The van der Waals surface area contributed by atoms with Gasteiger partial charge in [0.05, 0.1) is 11.5 Å². The summed E-state index contributed by atoms with van der Waals surface area (Å²) in [7, 11) is 0. The molecule has 0 saturated carbocycles. The first kappa shape index (κ1) is 17.0. The molecule has 0 fully saturated rings. The Kier molecular flexibility index (Phi) is 3.81. The molecule has 0 bridgehead atoms. The molecule has 0 aromatic heterocycles. The van der Waals surface area contributed by atoms with Crippen molar-refractivity contribution in [2.24, 2.45) is 5.73 Å². The van der Waals surface area contributed by atoms with Gasteiger partial charge < -0.3 is 10.5 Å². The highest BCUT2D eigenvalue weighted by molar-refractivity contribution is 5.90. The van der Waals surface area contributed by atoms with E-state index in [1.165, 1.54) is 12.1 Å². The minimum absolute atomic E-state index is 0.0359. The van der Waals surface area contributed by atoms with Crippen LogP contribution in [0.25, 0.3) is 10.8 Å². The van der Waals surface area contributed by atoms with Crippen LogP contribution in [0.2, 0.25) is 0 Å². The van der Waals surface area contributed by atoms with Crippen molar-refractivity contribution in [1.29, 1.82) is 5.26 Å². The SMILES string of the molecule is N#CC1=C(N)Oc2c(ccc3ccccc23)[C@H]1c1ccc(C(F)(F)F)cc1. The summed E-state index contributed by atoms with van der Waals surface area (Å²) >= 11 is 0. The summed E-state index contributed by atoms with van der Waals surface area (Å²) in [4.78, 5) is 0. The van der Waals surface area contributed by atoms with Gasteiger partial charge in [-0.3, -0.25) is 0 Å². The van der Waals surface area contributed by atoms with Crippen LogP contribution in [-0.2, 0) is 6.18 Å². The molecule has 134 valence electrons. The Morgan fingerprint density at radius 3 is 2.33 bits per heavy atom. The fraction of sp³-hybridized carbons (Fsp3) is 0.0952. The number of nitrogens with zero attached hydrogens (tertiary/aromatic N) is 1. The highest BCUT2D eigenvalue weighted by atomic mass is 19.4. The molecule has 3 nitrogen and oxygen atoms in total. The van der Waals surface area contributed by atoms with Crippen molar-refractivity contribution in [3.05, 3.63) is 88.8 Å². The van der Waals surface area contributed by atoms with Gasteiger partial charge in [-0.1, -0.05) is 48.5 Å². The summed E-state index contributed by atoms with van der Waals surface area (Å²) in [6, 6.07) is 18.1. The average Bonchev–Trinajstić information content (AvgIpc) is 2.66. The number of benzene rings is 3. The van der Waals surface area contributed by atoms with Gasteiger partial charge >= 0.3 is 6.18 Å². The van der Waals surface area contributed by atoms with Crippen molar-refractivity contribution in [1.82, 2.24) is 0 Å². The Labute approximate surface area is 153 Å². The van der Waals surface area contributed by atoms with Crippen LogP contribution in [0.5, 0.6) is 5.75 Å². The predicted molar refractivity (Wildman–Crippen MR) is 94.7 cm³/mol. The lowest BCUT2D eigenvalue weighted by molar-refractivity contribution is -0.137. The van der Waals surface area contributed by atoms with Gasteiger partial charge in [0.15, 0.2) is 0 Å². The third-order valence-corrected chi connectivity index (χ3v) is 4.68. The second-order valence-corrected chi connectivity index (χ2v) is 6.25. The van der Waals surface area contributed by atoms with Crippen LogP contribution in [-0.4, -0.2) is 0 Å². The standard InChI is InChI=1S/C21H13F3N2O/c22-21(23,24)14-8-5-13(6-9-14)18-16-10-7-12-3-1-2-4-15(12)19(16)27-20(26)17(18)11-25/h1-10,18H,26H2/t18-/m1/s1. The summed E-state index contributed by atoms with van der Waals surface area (Å²) in [6.07, 6.45) is -4.42. The van der Waals surface area contributed by atoms with Gasteiger partial charge in [0.2, 0.25) is 5.88 Å². The molecule has 2 N–H and O–H groups in total. The van der Waals surface area contributed by atoms with Crippen molar-refractivity contribution in [2.75, 3.05) is 0 Å². The molecule has 0 aliphatic carbocycles. The van der Waals surface area contributed by atoms with Gasteiger partial charge in [-0.15, -0.1) is 0 Å². The van der Waals surface area contributed by atoms with Crippen LogP contribution in [0.3, 0.4) is 0 Å². The van der Waals surface area contributed by atoms with Crippen molar-refractivity contribution in [3.63, 3.8) is 0 Å². The molecule has 1 aliphatic rings. The third kappa shape index (κ3) is 2.77. The summed E-state index contributed by atoms with van der Waals surface area (Å²) in [5.41, 5.74) is 6.65. The highest BCUT2D eigenvalue weighted by Crippen LogP contribution is 2.45. The largest absolute Gasteiger partial charge is 0.440 e. The Morgan fingerprint density at radius 1 is 0.963 bits per heavy atom. The number of ether oxygens (including phenoxy) is 1. The van der Waals surface area contributed by atoms with Crippen molar-refractivity contribution in [3.8, 4) is 11.8 Å². The summed E-state index contributed by atoms with van der Waals surface area (Å²) < 4.78 is 44.4. The highest BCUT2D eigenvalue weighted by Gasteiger charge is 2.33. The zero-order valence-corrected chi connectivity index (χ0v) is 13.9. The number of hydrogen-bond donors (Lipinski definition) is 1. The summed E-state index contributed by atoms with van der Waals surface area (Å²) in [6.45, 7) is 0. The first-order valence-corrected chi connectivity index (χ1v) is 8.16.